The molecule has 10 heteroatoms. The highest BCUT2D eigenvalue weighted by molar-refractivity contribution is 7.98. The van der Waals surface area contributed by atoms with Gasteiger partial charge in [-0.25, -0.2) is 9.59 Å². The van der Waals surface area contributed by atoms with Gasteiger partial charge in [-0.15, -0.1) is 0 Å². The third-order valence-corrected chi connectivity index (χ3v) is 5.02. The van der Waals surface area contributed by atoms with Crippen molar-refractivity contribution >= 4 is 46.7 Å². The highest BCUT2D eigenvalue weighted by Gasteiger charge is 2.23. The number of carboxylic acid groups (broad SMARTS) is 2. The van der Waals surface area contributed by atoms with Crippen LogP contribution < -0.4 is 5.32 Å². The third kappa shape index (κ3) is 5.60. The lowest BCUT2D eigenvalue weighted by molar-refractivity contribution is -0.384. The fraction of sp³-hybridized carbons (Fsp3) is 0.176. The number of aliphatic carboxylic acids is 1. The van der Waals surface area contributed by atoms with Crippen molar-refractivity contribution in [3.05, 3.63) is 68.7 Å². The minimum Gasteiger partial charge on any atom is -0.480 e. The van der Waals surface area contributed by atoms with Crippen LogP contribution in [-0.4, -0.2) is 38.9 Å². The number of carbonyl (C=O) groups is 2. The number of aromatic carboxylic acids is 1. The molecule has 2 rings (SSSR count). The first-order valence-electron chi connectivity index (χ1n) is 7.62. The summed E-state index contributed by atoms with van der Waals surface area (Å²) in [5.41, 5.74) is 0.0327. The molecule has 142 valence electrons. The number of nitrogens with one attached hydrogen (secondary N) is 1. The molecule has 0 saturated carbocycles. The monoisotopic (exact) mass is 410 g/mol. The number of benzene rings is 2. The summed E-state index contributed by atoms with van der Waals surface area (Å²) in [6.07, 6.45) is 0. The number of nitro benzene ring substituents is 1. The standard InChI is InChI=1S/C17H15ClN2O6S/c18-12-4-2-1-3-11(12)8-27-9-14(17(23)24)19-13-6-5-10(16(21)22)7-15(13)20(25)26/h1-7,14,19H,8-9H2,(H,21,22)(H,23,24). The van der Waals surface area contributed by atoms with E-state index in [1.165, 1.54) is 23.9 Å². The molecule has 1 unspecified atom stereocenters. The maximum atomic E-state index is 11.5. The Kier molecular flexibility index (Phi) is 7.03. The zero-order valence-corrected chi connectivity index (χ0v) is 15.4. The smallest absolute Gasteiger partial charge is 0.335 e. The maximum Gasteiger partial charge on any atom is 0.335 e. The lowest BCUT2D eigenvalue weighted by atomic mass is 10.1. The first kappa shape index (κ1) is 20.5. The second kappa shape index (κ2) is 9.24. The van der Waals surface area contributed by atoms with Gasteiger partial charge in [0.25, 0.3) is 5.69 Å². The van der Waals surface area contributed by atoms with Crippen LogP contribution in [0.1, 0.15) is 15.9 Å². The molecule has 0 bridgehead atoms. The van der Waals surface area contributed by atoms with Gasteiger partial charge in [-0.2, -0.15) is 11.8 Å². The highest BCUT2D eigenvalue weighted by atomic mass is 35.5. The molecule has 0 heterocycles. The van der Waals surface area contributed by atoms with Gasteiger partial charge in [0.05, 0.1) is 10.5 Å². The van der Waals surface area contributed by atoms with Crippen molar-refractivity contribution in [2.75, 3.05) is 11.1 Å². The second-order valence-electron chi connectivity index (χ2n) is 5.44. The van der Waals surface area contributed by atoms with Crippen molar-refractivity contribution in [3.8, 4) is 0 Å². The van der Waals surface area contributed by atoms with Crippen molar-refractivity contribution in [3.63, 3.8) is 0 Å². The summed E-state index contributed by atoms with van der Waals surface area (Å²) in [6, 6.07) is 9.32. The fourth-order valence-electron chi connectivity index (χ4n) is 2.20. The van der Waals surface area contributed by atoms with Gasteiger partial charge in [-0.1, -0.05) is 29.8 Å². The largest absolute Gasteiger partial charge is 0.480 e. The Balaban J connectivity index is 2.11. The Hall–Kier alpha value is -2.78. The van der Waals surface area contributed by atoms with Crippen molar-refractivity contribution < 1.29 is 24.7 Å². The quantitative estimate of drug-likeness (QED) is 0.421. The Bertz CT molecular complexity index is 876. The Morgan fingerprint density at radius 2 is 1.93 bits per heavy atom. The number of thioether (sulfide) groups is 1. The number of anilines is 1. The molecule has 0 aliphatic rings. The summed E-state index contributed by atoms with van der Waals surface area (Å²) in [5, 5.41) is 32.7. The first-order valence-corrected chi connectivity index (χ1v) is 9.15. The number of rotatable bonds is 9. The third-order valence-electron chi connectivity index (χ3n) is 3.57. The SMILES string of the molecule is O=C(O)c1ccc(NC(CSCc2ccccc2Cl)C(=O)O)c([N+](=O)[O-])c1. The van der Waals surface area contributed by atoms with Crippen molar-refractivity contribution in [2.45, 2.75) is 11.8 Å². The molecular weight excluding hydrogens is 396 g/mol. The summed E-state index contributed by atoms with van der Waals surface area (Å²) in [5.74, 6) is -1.89. The highest BCUT2D eigenvalue weighted by Crippen LogP contribution is 2.27. The average molecular weight is 411 g/mol. The minimum atomic E-state index is -1.31. The number of halogens is 1. The molecule has 0 saturated heterocycles. The average Bonchev–Trinajstić information content (AvgIpc) is 2.62. The zero-order valence-electron chi connectivity index (χ0n) is 13.8. The Morgan fingerprint density at radius 1 is 1.22 bits per heavy atom. The number of hydrogen-bond donors (Lipinski definition) is 3. The van der Waals surface area contributed by atoms with Gasteiger partial charge in [0.2, 0.25) is 0 Å². The molecule has 0 aliphatic heterocycles. The predicted octanol–water partition coefficient (Wildman–Crippen LogP) is 3.74. The van der Waals surface area contributed by atoms with E-state index in [1.54, 1.807) is 12.1 Å². The predicted molar refractivity (Wildman–Crippen MR) is 103 cm³/mol. The van der Waals surface area contributed by atoms with Crippen LogP contribution >= 0.6 is 23.4 Å². The molecule has 1 atom stereocenters. The van der Waals surface area contributed by atoms with E-state index >= 15 is 0 Å². The van der Waals surface area contributed by atoms with E-state index in [9.17, 15) is 24.8 Å². The molecule has 0 fully saturated rings. The molecule has 0 radical (unpaired) electrons. The van der Waals surface area contributed by atoms with Crippen LogP contribution in [-0.2, 0) is 10.5 Å². The van der Waals surface area contributed by atoms with Crippen LogP contribution in [0.25, 0.3) is 0 Å². The van der Waals surface area contributed by atoms with Crippen molar-refractivity contribution in [1.29, 1.82) is 0 Å². The van der Waals surface area contributed by atoms with Gasteiger partial charge < -0.3 is 15.5 Å². The summed E-state index contributed by atoms with van der Waals surface area (Å²) in [7, 11) is 0. The molecule has 0 amide bonds. The topological polar surface area (TPSA) is 130 Å². The summed E-state index contributed by atoms with van der Waals surface area (Å²) < 4.78 is 0. The summed E-state index contributed by atoms with van der Waals surface area (Å²) >= 11 is 7.37. The molecule has 8 nitrogen and oxygen atoms in total. The van der Waals surface area contributed by atoms with Gasteiger partial charge in [0, 0.05) is 22.6 Å². The van der Waals surface area contributed by atoms with E-state index in [1.807, 2.05) is 12.1 Å². The van der Waals surface area contributed by atoms with Crippen LogP contribution in [0, 0.1) is 10.1 Å². The zero-order chi connectivity index (χ0) is 20.0. The second-order valence-corrected chi connectivity index (χ2v) is 6.87. The molecule has 3 N–H and O–H groups in total. The number of nitro groups is 1. The normalized spacial score (nSPS) is 11.6. The minimum absolute atomic E-state index is 0.0595. The lowest BCUT2D eigenvalue weighted by Gasteiger charge is -2.16. The molecule has 0 aliphatic carbocycles. The van der Waals surface area contributed by atoms with E-state index in [4.69, 9.17) is 16.7 Å². The first-order chi connectivity index (χ1) is 12.8. The van der Waals surface area contributed by atoms with Gasteiger partial charge in [-0.05, 0) is 23.8 Å². The van der Waals surface area contributed by atoms with Crippen LogP contribution in [0.2, 0.25) is 5.02 Å². The van der Waals surface area contributed by atoms with Crippen molar-refractivity contribution in [1.82, 2.24) is 0 Å². The van der Waals surface area contributed by atoms with Gasteiger partial charge in [0.15, 0.2) is 0 Å². The van der Waals surface area contributed by atoms with E-state index in [0.717, 1.165) is 11.6 Å². The summed E-state index contributed by atoms with van der Waals surface area (Å²) in [4.78, 5) is 32.9. The van der Waals surface area contributed by atoms with Gasteiger partial charge in [-0.3, -0.25) is 10.1 Å². The van der Waals surface area contributed by atoms with E-state index < -0.39 is 28.6 Å². The van der Waals surface area contributed by atoms with Crippen LogP contribution in [0.15, 0.2) is 42.5 Å². The molecule has 2 aromatic rings. The van der Waals surface area contributed by atoms with E-state index in [2.05, 4.69) is 5.32 Å². The van der Waals surface area contributed by atoms with Crippen LogP contribution in [0.3, 0.4) is 0 Å². The number of carboxylic acids is 2. The van der Waals surface area contributed by atoms with Crippen molar-refractivity contribution in [2.24, 2.45) is 0 Å². The Labute approximate surface area is 163 Å². The molecule has 2 aromatic carbocycles. The van der Waals surface area contributed by atoms with Gasteiger partial charge in [0.1, 0.15) is 11.7 Å². The van der Waals surface area contributed by atoms with E-state index in [-0.39, 0.29) is 17.0 Å². The summed E-state index contributed by atoms with van der Waals surface area (Å²) in [6.45, 7) is 0. The molecule has 27 heavy (non-hydrogen) atoms. The van der Waals surface area contributed by atoms with Crippen LogP contribution in [0.4, 0.5) is 11.4 Å². The lowest BCUT2D eigenvalue weighted by Crippen LogP contribution is -2.32. The molecule has 0 aromatic heterocycles. The Morgan fingerprint density at radius 3 is 2.52 bits per heavy atom. The van der Waals surface area contributed by atoms with Gasteiger partial charge >= 0.3 is 11.9 Å². The van der Waals surface area contributed by atoms with E-state index in [0.29, 0.717) is 10.8 Å². The molecular formula is C17H15ClN2O6S. The van der Waals surface area contributed by atoms with Crippen LogP contribution in [0.5, 0.6) is 0 Å². The fourth-order valence-corrected chi connectivity index (χ4v) is 3.54. The molecule has 0 spiro atoms. The number of nitrogens with zero attached hydrogens (tertiary/aromatic N) is 1. The maximum absolute atomic E-state index is 11.5. The number of hydrogen-bond acceptors (Lipinski definition) is 6.